The van der Waals surface area contributed by atoms with Gasteiger partial charge in [0.05, 0.1) is 36.1 Å². The minimum atomic E-state index is -3.35. The Morgan fingerprint density at radius 3 is 1.23 bits per heavy atom. The van der Waals surface area contributed by atoms with E-state index in [-0.39, 0.29) is 37.2 Å². The Kier molecular flexibility index (Phi) is 29.5. The largest absolute Gasteiger partial charge is 0.460 e. The first-order valence-corrected chi connectivity index (χ1v) is 24.3. The molecule has 60 heavy (non-hydrogen) atoms. The van der Waals surface area contributed by atoms with Crippen LogP contribution < -0.4 is 0 Å². The van der Waals surface area contributed by atoms with Crippen molar-refractivity contribution in [2.75, 3.05) is 45.9 Å². The maximum absolute atomic E-state index is 11.4. The van der Waals surface area contributed by atoms with Gasteiger partial charge in [0, 0.05) is 59.2 Å². The molecule has 0 aromatic heterocycles. The lowest BCUT2D eigenvalue weighted by Crippen LogP contribution is -2.32. The van der Waals surface area contributed by atoms with E-state index in [9.17, 15) is 38.1 Å². The molecule has 14 nitrogen and oxygen atoms in total. The minimum absolute atomic E-state index is 0.0926. The summed E-state index contributed by atoms with van der Waals surface area (Å²) >= 11 is 0. The van der Waals surface area contributed by atoms with E-state index < -0.39 is 32.5 Å². The lowest BCUT2D eigenvalue weighted by molar-refractivity contribution is -0.160. The predicted molar refractivity (Wildman–Crippen MR) is 233 cm³/mol. The molecule has 0 atom stereocenters. The molecule has 6 rings (SSSR count). The molecule has 0 aromatic rings. The predicted octanol–water partition coefficient (Wildman–Crippen LogP) is 7.43. The summed E-state index contributed by atoms with van der Waals surface area (Å²) in [6.45, 7) is 16.7. The average molecular weight is 883 g/mol. The van der Waals surface area contributed by atoms with E-state index in [1.807, 2.05) is 41.5 Å². The molecule has 4 saturated carbocycles. The molecule has 0 spiro atoms. The second-order valence-corrected chi connectivity index (χ2v) is 20.5. The summed E-state index contributed by atoms with van der Waals surface area (Å²) in [5, 5.41) is 37.8. The number of carbonyl (C=O) groups is 3. The van der Waals surface area contributed by atoms with Crippen LogP contribution >= 0.6 is 0 Å². The number of carbonyl (C=O) groups excluding carboxylic acids is 3. The second-order valence-electron chi connectivity index (χ2n) is 18.9. The van der Waals surface area contributed by atoms with Crippen molar-refractivity contribution in [1.82, 2.24) is 0 Å². The topological polar surface area (TPSA) is 212 Å². The molecule has 0 amide bonds. The molecule has 2 heterocycles. The van der Waals surface area contributed by atoms with E-state index in [1.165, 1.54) is 32.6 Å². The Labute approximate surface area is 363 Å². The number of ketones is 1. The van der Waals surface area contributed by atoms with Crippen molar-refractivity contribution in [3.63, 3.8) is 0 Å². The van der Waals surface area contributed by atoms with Crippen molar-refractivity contribution in [1.29, 1.82) is 0 Å². The summed E-state index contributed by atoms with van der Waals surface area (Å²) in [6, 6.07) is 0. The van der Waals surface area contributed by atoms with Gasteiger partial charge in [0.15, 0.2) is 0 Å². The molecular formula is C45H86O14S. The molecule has 2 saturated heterocycles. The Bertz CT molecular complexity index is 1210. The first-order valence-electron chi connectivity index (χ1n) is 22.5. The minimum Gasteiger partial charge on any atom is -0.460 e. The highest BCUT2D eigenvalue weighted by atomic mass is 32.2. The van der Waals surface area contributed by atoms with Crippen molar-refractivity contribution in [3.05, 3.63) is 0 Å². The zero-order chi connectivity index (χ0) is 45.8. The van der Waals surface area contributed by atoms with Crippen molar-refractivity contribution in [2.24, 2.45) is 0 Å². The number of hydrogen-bond acceptors (Lipinski definition) is 14. The van der Waals surface area contributed by atoms with Gasteiger partial charge in [0.25, 0.3) is 10.1 Å². The van der Waals surface area contributed by atoms with E-state index in [2.05, 4.69) is 4.18 Å². The first-order chi connectivity index (χ1) is 27.8. The summed E-state index contributed by atoms with van der Waals surface area (Å²) < 4.78 is 45.6. The highest BCUT2D eigenvalue weighted by Crippen LogP contribution is 2.34. The smallest absolute Gasteiger partial charge is 0.309 e. The molecule has 0 bridgehead atoms. The zero-order valence-electron chi connectivity index (χ0n) is 38.8. The van der Waals surface area contributed by atoms with Gasteiger partial charge >= 0.3 is 11.9 Å². The normalized spacial score (nSPS) is 21.0. The SMILES string of the molecule is C1CCOC1.C1CCOC1.CC(=O)OC(C)(C)C.CC(C)(C)OC(=O)CC1(O)CCCC1.CS(=O)(=O)OCCC1(O)CCCC1.O=C1CCCC1.OCCC1(O)CCCC1. The molecule has 0 unspecified atom stereocenters. The van der Waals surface area contributed by atoms with Crippen LogP contribution in [0.2, 0.25) is 0 Å². The number of ether oxygens (including phenoxy) is 4. The molecule has 4 aliphatic carbocycles. The standard InChI is InChI=1S/C11H20O3.C8H16O4S.C7H14O2.C6H12O2.C5H8O.2C4H8O/c1-10(2,3)14-9(12)8-11(13)6-4-5-7-11;1-13(10,11)12-7-6-8(9)4-2-3-5-8;8-6-5-7(9)3-1-2-4-7;1-5(7)8-6(2,3)4;6-5-3-1-2-4-5;2*1-2-4-5-3-1/h13H,4-8H2,1-3H3;9H,2-7H2,1H3;8-9H,1-6H2;1-4H3;1-4H2;2*1-4H2. The Hall–Kier alpha value is -1.72. The van der Waals surface area contributed by atoms with Crippen LogP contribution in [-0.4, -0.2) is 120 Å². The third-order valence-electron chi connectivity index (χ3n) is 10.2. The third kappa shape index (κ3) is 35.8. The van der Waals surface area contributed by atoms with Gasteiger partial charge in [-0.15, -0.1) is 0 Å². The number of Topliss-reactive ketones (excluding diaryl/α,β-unsaturated/α-hetero) is 1. The zero-order valence-corrected chi connectivity index (χ0v) is 39.6. The second kappa shape index (κ2) is 30.4. The van der Waals surface area contributed by atoms with Gasteiger partial charge < -0.3 is 39.4 Å². The van der Waals surface area contributed by atoms with Gasteiger partial charge in [-0.2, -0.15) is 8.42 Å². The number of aliphatic hydroxyl groups excluding tert-OH is 1. The van der Waals surface area contributed by atoms with Crippen molar-refractivity contribution >= 4 is 27.8 Å². The third-order valence-corrected chi connectivity index (χ3v) is 10.8. The van der Waals surface area contributed by atoms with Gasteiger partial charge in [0.1, 0.15) is 17.0 Å². The number of hydrogen-bond donors (Lipinski definition) is 4. The Morgan fingerprint density at radius 1 is 0.617 bits per heavy atom. The van der Waals surface area contributed by atoms with E-state index in [0.29, 0.717) is 18.6 Å². The van der Waals surface area contributed by atoms with Gasteiger partial charge in [-0.05, 0) is 125 Å². The molecule has 356 valence electrons. The van der Waals surface area contributed by atoms with Crippen molar-refractivity contribution in [3.8, 4) is 0 Å². The number of esters is 2. The van der Waals surface area contributed by atoms with Crippen LogP contribution in [0, 0.1) is 0 Å². The molecule has 15 heteroatoms. The molecule has 6 fully saturated rings. The van der Waals surface area contributed by atoms with Crippen LogP contribution in [0.3, 0.4) is 0 Å². The van der Waals surface area contributed by atoms with Crippen LogP contribution in [-0.2, 0) is 47.6 Å². The number of aliphatic hydroxyl groups is 4. The van der Waals surface area contributed by atoms with Gasteiger partial charge in [0.2, 0.25) is 0 Å². The summed E-state index contributed by atoms with van der Waals surface area (Å²) in [5.74, 6) is -0.0607. The molecule has 4 N–H and O–H groups in total. The fourth-order valence-corrected chi connectivity index (χ4v) is 7.62. The molecule has 6 aliphatic rings. The molecular weight excluding hydrogens is 797 g/mol. The lowest BCUT2D eigenvalue weighted by atomic mass is 9.98. The Balaban J connectivity index is 0.000000699. The molecule has 2 aliphatic heterocycles. The lowest BCUT2D eigenvalue weighted by Gasteiger charge is -2.25. The first kappa shape index (κ1) is 58.3. The average Bonchev–Trinajstić information content (AvgIpc) is 3.94. The van der Waals surface area contributed by atoms with E-state index >= 15 is 0 Å². The van der Waals surface area contributed by atoms with E-state index in [4.69, 9.17) is 24.1 Å². The quantitative estimate of drug-likeness (QED) is 0.138. The summed E-state index contributed by atoms with van der Waals surface area (Å²) in [5.41, 5.74) is -2.75. The van der Waals surface area contributed by atoms with Crippen LogP contribution in [0.4, 0.5) is 0 Å². The van der Waals surface area contributed by atoms with Crippen LogP contribution in [0.15, 0.2) is 0 Å². The van der Waals surface area contributed by atoms with Crippen molar-refractivity contribution < 1.29 is 66.4 Å². The van der Waals surface area contributed by atoms with Crippen LogP contribution in [0.5, 0.6) is 0 Å². The molecule has 0 radical (unpaired) electrons. The van der Waals surface area contributed by atoms with Crippen LogP contribution in [0.25, 0.3) is 0 Å². The highest BCUT2D eigenvalue weighted by Gasteiger charge is 2.35. The van der Waals surface area contributed by atoms with Gasteiger partial charge in [-0.25, -0.2) is 0 Å². The van der Waals surface area contributed by atoms with Gasteiger partial charge in [-0.1, -0.05) is 38.5 Å². The maximum atomic E-state index is 11.4. The van der Waals surface area contributed by atoms with E-state index in [0.717, 1.165) is 135 Å². The fourth-order valence-electron chi connectivity index (χ4n) is 7.23. The summed E-state index contributed by atoms with van der Waals surface area (Å²) in [6.07, 6.45) is 22.3. The van der Waals surface area contributed by atoms with Gasteiger partial charge in [-0.3, -0.25) is 18.6 Å². The van der Waals surface area contributed by atoms with Crippen molar-refractivity contribution in [2.45, 2.75) is 224 Å². The summed E-state index contributed by atoms with van der Waals surface area (Å²) in [4.78, 5) is 31.9. The number of rotatable bonds is 8. The monoisotopic (exact) mass is 883 g/mol. The van der Waals surface area contributed by atoms with E-state index in [1.54, 1.807) is 0 Å². The highest BCUT2D eigenvalue weighted by molar-refractivity contribution is 7.85. The maximum Gasteiger partial charge on any atom is 0.309 e. The summed E-state index contributed by atoms with van der Waals surface area (Å²) in [7, 11) is -3.35. The van der Waals surface area contributed by atoms with Crippen LogP contribution in [0.1, 0.15) is 196 Å². The fraction of sp³-hybridized carbons (Fsp3) is 0.933. The Morgan fingerprint density at radius 2 is 0.983 bits per heavy atom. The molecule has 0 aromatic carbocycles.